The summed E-state index contributed by atoms with van der Waals surface area (Å²) >= 11 is 0. The molecule has 7 nitrogen and oxygen atoms in total. The minimum atomic E-state index is -0.849. The summed E-state index contributed by atoms with van der Waals surface area (Å²) in [6.45, 7) is 0.527. The molecule has 0 aliphatic carbocycles. The van der Waals surface area contributed by atoms with E-state index in [0.29, 0.717) is 23.9 Å². The van der Waals surface area contributed by atoms with Crippen molar-refractivity contribution in [1.82, 2.24) is 4.90 Å². The number of fused-ring (bicyclic) bond motifs is 1. The van der Waals surface area contributed by atoms with Gasteiger partial charge < -0.3 is 24.8 Å². The Morgan fingerprint density at radius 3 is 2.31 bits per heavy atom. The van der Waals surface area contributed by atoms with E-state index in [1.54, 1.807) is 18.2 Å². The molecule has 0 radical (unpaired) electrons. The fraction of sp³-hybridized carbons (Fsp3) is 0.200. The molecule has 0 bridgehead atoms. The lowest BCUT2D eigenvalue weighted by atomic mass is 10.1. The number of carbonyl (C=O) groups excluding carboxylic acids is 2. The molecule has 1 aliphatic heterocycles. The topological polar surface area (TPSA) is 91.1 Å². The molecule has 2 amide bonds. The van der Waals surface area contributed by atoms with Gasteiger partial charge in [0.1, 0.15) is 19.0 Å². The Morgan fingerprint density at radius 1 is 0.906 bits per heavy atom. The third-order valence-electron chi connectivity index (χ3n) is 4.99. The summed E-state index contributed by atoms with van der Waals surface area (Å²) in [4.78, 5) is 26.0. The van der Waals surface area contributed by atoms with Crippen molar-refractivity contribution in [3.05, 3.63) is 90.0 Å². The molecule has 32 heavy (non-hydrogen) atoms. The van der Waals surface area contributed by atoms with Gasteiger partial charge in [0, 0.05) is 6.54 Å². The molecule has 0 saturated carbocycles. The normalized spacial score (nSPS) is 14.4. The summed E-state index contributed by atoms with van der Waals surface area (Å²) in [5, 5.41) is 0. The number of primary amides is 1. The predicted molar refractivity (Wildman–Crippen MR) is 118 cm³/mol. The van der Waals surface area contributed by atoms with E-state index in [1.807, 2.05) is 60.7 Å². The maximum atomic E-state index is 13.1. The van der Waals surface area contributed by atoms with Gasteiger partial charge in [0.25, 0.3) is 5.91 Å². The van der Waals surface area contributed by atoms with Gasteiger partial charge in [0.2, 0.25) is 12.0 Å². The molecule has 1 atom stereocenters. The first-order valence-corrected chi connectivity index (χ1v) is 10.3. The van der Waals surface area contributed by atoms with E-state index in [0.717, 1.165) is 11.1 Å². The number of nitrogens with zero attached hydrogens (tertiary/aromatic N) is 1. The molecule has 4 rings (SSSR count). The van der Waals surface area contributed by atoms with Crippen LogP contribution in [0.2, 0.25) is 0 Å². The Hall–Kier alpha value is -4.00. The van der Waals surface area contributed by atoms with Crippen LogP contribution in [0, 0.1) is 0 Å². The van der Waals surface area contributed by atoms with E-state index in [2.05, 4.69) is 0 Å². The minimum absolute atomic E-state index is 0.0668. The van der Waals surface area contributed by atoms with E-state index >= 15 is 0 Å². The van der Waals surface area contributed by atoms with E-state index in [-0.39, 0.29) is 25.6 Å². The van der Waals surface area contributed by atoms with Gasteiger partial charge in [-0.1, -0.05) is 54.6 Å². The van der Waals surface area contributed by atoms with Crippen LogP contribution < -0.4 is 19.9 Å². The molecule has 3 aromatic rings. The van der Waals surface area contributed by atoms with Gasteiger partial charge in [0.05, 0.1) is 6.54 Å². The standard InChI is InChI=1S/C25H24N2O5/c26-24(28)15-27(25(29)23-17-31-21-8-4-5-9-22(21)32-23)14-18-10-12-20(13-11-18)30-16-19-6-2-1-3-7-19/h1-13,23H,14-17H2,(H2,26,28)/t23-/m1/s1. The van der Waals surface area contributed by atoms with Crippen molar-refractivity contribution in [2.75, 3.05) is 13.2 Å². The van der Waals surface area contributed by atoms with Crippen molar-refractivity contribution >= 4 is 11.8 Å². The SMILES string of the molecule is NC(=O)CN(Cc1ccc(OCc2ccccc2)cc1)C(=O)[C@H]1COc2ccccc2O1. The van der Waals surface area contributed by atoms with Gasteiger partial charge >= 0.3 is 0 Å². The monoisotopic (exact) mass is 432 g/mol. The van der Waals surface area contributed by atoms with Crippen molar-refractivity contribution in [1.29, 1.82) is 0 Å². The summed E-state index contributed by atoms with van der Waals surface area (Å²) in [6, 6.07) is 24.4. The third-order valence-corrected chi connectivity index (χ3v) is 4.99. The first kappa shape index (κ1) is 21.2. The number of benzene rings is 3. The predicted octanol–water partition coefficient (Wildman–Crippen LogP) is 2.92. The quantitative estimate of drug-likeness (QED) is 0.591. The van der Waals surface area contributed by atoms with Crippen LogP contribution in [0.4, 0.5) is 0 Å². The summed E-state index contributed by atoms with van der Waals surface area (Å²) in [7, 11) is 0. The molecule has 7 heteroatoms. The molecule has 0 unspecified atom stereocenters. The van der Waals surface area contributed by atoms with Crippen LogP contribution in [-0.2, 0) is 22.7 Å². The zero-order valence-corrected chi connectivity index (χ0v) is 17.5. The Balaban J connectivity index is 1.40. The molecule has 0 spiro atoms. The summed E-state index contributed by atoms with van der Waals surface area (Å²) in [5.41, 5.74) is 7.30. The van der Waals surface area contributed by atoms with Crippen molar-refractivity contribution in [2.24, 2.45) is 5.73 Å². The molecular formula is C25H24N2O5. The highest BCUT2D eigenvalue weighted by molar-refractivity contribution is 5.87. The Bertz CT molecular complexity index is 1070. The van der Waals surface area contributed by atoms with Crippen molar-refractivity contribution < 1.29 is 23.8 Å². The highest BCUT2D eigenvalue weighted by atomic mass is 16.6. The highest BCUT2D eigenvalue weighted by Gasteiger charge is 2.31. The smallest absolute Gasteiger partial charge is 0.268 e. The van der Waals surface area contributed by atoms with E-state index in [4.69, 9.17) is 19.9 Å². The lowest BCUT2D eigenvalue weighted by Crippen LogP contribution is -2.48. The van der Waals surface area contributed by atoms with Crippen molar-refractivity contribution in [3.8, 4) is 17.2 Å². The molecule has 0 fully saturated rings. The number of ether oxygens (including phenoxy) is 3. The maximum Gasteiger partial charge on any atom is 0.268 e. The van der Waals surface area contributed by atoms with Gasteiger partial charge in [0.15, 0.2) is 11.5 Å². The highest BCUT2D eigenvalue weighted by Crippen LogP contribution is 2.31. The van der Waals surface area contributed by atoms with Gasteiger partial charge in [-0.05, 0) is 35.4 Å². The zero-order valence-electron chi connectivity index (χ0n) is 17.5. The first-order chi connectivity index (χ1) is 15.6. The maximum absolute atomic E-state index is 13.1. The molecule has 3 aromatic carbocycles. The fourth-order valence-electron chi connectivity index (χ4n) is 3.40. The van der Waals surface area contributed by atoms with Crippen LogP contribution >= 0.6 is 0 Å². The Morgan fingerprint density at radius 2 is 1.59 bits per heavy atom. The van der Waals surface area contributed by atoms with Crippen molar-refractivity contribution in [3.63, 3.8) is 0 Å². The summed E-state index contributed by atoms with van der Waals surface area (Å²) in [6.07, 6.45) is -0.849. The van der Waals surface area contributed by atoms with E-state index < -0.39 is 12.0 Å². The van der Waals surface area contributed by atoms with Crippen LogP contribution in [0.3, 0.4) is 0 Å². The number of hydrogen-bond donors (Lipinski definition) is 1. The van der Waals surface area contributed by atoms with Gasteiger partial charge in [-0.25, -0.2) is 0 Å². The molecular weight excluding hydrogens is 408 g/mol. The van der Waals surface area contributed by atoms with Gasteiger partial charge in [-0.2, -0.15) is 0 Å². The van der Waals surface area contributed by atoms with Crippen LogP contribution in [0.25, 0.3) is 0 Å². The largest absolute Gasteiger partial charge is 0.489 e. The van der Waals surface area contributed by atoms with E-state index in [1.165, 1.54) is 4.90 Å². The van der Waals surface area contributed by atoms with E-state index in [9.17, 15) is 9.59 Å². The molecule has 0 saturated heterocycles. The van der Waals surface area contributed by atoms with Gasteiger partial charge in [-0.3, -0.25) is 9.59 Å². The average Bonchev–Trinajstić information content (AvgIpc) is 2.83. The Kier molecular flexibility index (Phi) is 6.55. The second kappa shape index (κ2) is 9.87. The second-order valence-corrected chi connectivity index (χ2v) is 7.44. The summed E-state index contributed by atoms with van der Waals surface area (Å²) < 4.78 is 17.2. The molecule has 0 aromatic heterocycles. The van der Waals surface area contributed by atoms with Crippen LogP contribution in [0.1, 0.15) is 11.1 Å². The van der Waals surface area contributed by atoms with Crippen LogP contribution in [0.5, 0.6) is 17.2 Å². The number of rotatable bonds is 8. The Labute approximate surface area is 186 Å². The summed E-state index contributed by atoms with van der Waals surface area (Å²) in [5.74, 6) is 0.840. The lowest BCUT2D eigenvalue weighted by Gasteiger charge is -2.30. The zero-order chi connectivity index (χ0) is 22.3. The number of nitrogens with two attached hydrogens (primary N) is 1. The number of hydrogen-bond acceptors (Lipinski definition) is 5. The number of carbonyl (C=O) groups is 2. The van der Waals surface area contributed by atoms with Crippen molar-refractivity contribution in [2.45, 2.75) is 19.3 Å². The van der Waals surface area contributed by atoms with Crippen LogP contribution in [-0.4, -0.2) is 36.0 Å². The third kappa shape index (κ3) is 5.37. The minimum Gasteiger partial charge on any atom is -0.489 e. The average molecular weight is 432 g/mol. The number of amides is 2. The molecule has 164 valence electrons. The lowest BCUT2D eigenvalue weighted by molar-refractivity contribution is -0.144. The molecule has 2 N–H and O–H groups in total. The first-order valence-electron chi connectivity index (χ1n) is 10.3. The number of para-hydroxylation sites is 2. The fourth-order valence-corrected chi connectivity index (χ4v) is 3.40. The molecule has 1 aliphatic rings. The second-order valence-electron chi connectivity index (χ2n) is 7.44. The van der Waals surface area contributed by atoms with Crippen LogP contribution in [0.15, 0.2) is 78.9 Å². The molecule has 1 heterocycles. The van der Waals surface area contributed by atoms with Gasteiger partial charge in [-0.15, -0.1) is 0 Å².